The quantitative estimate of drug-likeness (QED) is 0.607. The molecule has 9 heteroatoms. The molecular weight excluding hydrogens is 440 g/mol. The Morgan fingerprint density at radius 1 is 1.00 bits per heavy atom. The van der Waals surface area contributed by atoms with Gasteiger partial charge in [-0.1, -0.05) is 17.7 Å². The number of amides is 1. The van der Waals surface area contributed by atoms with Crippen molar-refractivity contribution >= 4 is 33.2 Å². The molecule has 0 fully saturated rings. The molecule has 1 heterocycles. The van der Waals surface area contributed by atoms with E-state index < -0.39 is 10.0 Å². The average molecular weight is 459 g/mol. The van der Waals surface area contributed by atoms with Gasteiger partial charge in [0.25, 0.3) is 15.9 Å². The van der Waals surface area contributed by atoms with Crippen molar-refractivity contribution in [1.82, 2.24) is 5.32 Å². The number of nitrogens with one attached hydrogen (secondary N) is 1. The molecule has 1 amide bonds. The fourth-order valence-electron chi connectivity index (χ4n) is 3.06. The van der Waals surface area contributed by atoms with E-state index in [1.165, 1.54) is 31.3 Å². The van der Waals surface area contributed by atoms with Crippen molar-refractivity contribution in [2.75, 3.05) is 18.1 Å². The third-order valence-corrected chi connectivity index (χ3v) is 6.91. The van der Waals surface area contributed by atoms with Gasteiger partial charge in [0.15, 0.2) is 11.5 Å². The molecule has 1 aliphatic heterocycles. The highest BCUT2D eigenvalue weighted by Gasteiger charge is 2.21. The second kappa shape index (κ2) is 8.49. The van der Waals surface area contributed by atoms with Crippen LogP contribution in [0.15, 0.2) is 71.6 Å². The predicted molar refractivity (Wildman–Crippen MR) is 117 cm³/mol. The molecule has 0 bridgehead atoms. The Bertz CT molecular complexity index is 1210. The molecule has 0 saturated heterocycles. The van der Waals surface area contributed by atoms with Gasteiger partial charge in [-0.3, -0.25) is 9.10 Å². The first-order chi connectivity index (χ1) is 14.8. The molecule has 0 unspecified atom stereocenters. The number of ether oxygens (including phenoxy) is 2. The van der Waals surface area contributed by atoms with E-state index in [4.69, 9.17) is 21.1 Å². The fraction of sp³-hybridized carbons (Fsp3) is 0.136. The lowest BCUT2D eigenvalue weighted by Crippen LogP contribution is -2.27. The summed E-state index contributed by atoms with van der Waals surface area (Å²) in [5.74, 6) is 1.07. The molecule has 160 valence electrons. The van der Waals surface area contributed by atoms with E-state index >= 15 is 0 Å². The van der Waals surface area contributed by atoms with Gasteiger partial charge in [-0.2, -0.15) is 0 Å². The number of carbonyl (C=O) groups excluding carboxylic acids is 1. The van der Waals surface area contributed by atoms with Crippen LogP contribution < -0.4 is 19.1 Å². The SMILES string of the molecule is CN(c1ccc(C(=O)NCc2ccc3c(c2)OCO3)cc1)S(=O)(=O)c1ccc(Cl)cc1. The largest absolute Gasteiger partial charge is 0.454 e. The number of benzene rings is 3. The lowest BCUT2D eigenvalue weighted by molar-refractivity contribution is 0.0951. The third kappa shape index (κ3) is 4.45. The first kappa shape index (κ1) is 21.0. The monoisotopic (exact) mass is 458 g/mol. The van der Waals surface area contributed by atoms with Crippen LogP contribution >= 0.6 is 11.6 Å². The van der Waals surface area contributed by atoms with Crippen LogP contribution in [0.2, 0.25) is 5.02 Å². The van der Waals surface area contributed by atoms with E-state index in [9.17, 15) is 13.2 Å². The third-order valence-electron chi connectivity index (χ3n) is 4.86. The van der Waals surface area contributed by atoms with Crippen LogP contribution in [0.5, 0.6) is 11.5 Å². The Kier molecular flexibility index (Phi) is 5.75. The molecule has 1 N–H and O–H groups in total. The molecule has 0 aromatic heterocycles. The Morgan fingerprint density at radius 2 is 1.68 bits per heavy atom. The van der Waals surface area contributed by atoms with Crippen LogP contribution in [0.4, 0.5) is 5.69 Å². The van der Waals surface area contributed by atoms with Crippen LogP contribution in [-0.2, 0) is 16.6 Å². The van der Waals surface area contributed by atoms with Crippen LogP contribution in [-0.4, -0.2) is 28.2 Å². The molecule has 0 atom stereocenters. The van der Waals surface area contributed by atoms with Crippen molar-refractivity contribution < 1.29 is 22.7 Å². The maximum atomic E-state index is 12.8. The number of halogens is 1. The topological polar surface area (TPSA) is 84.9 Å². The number of fused-ring (bicyclic) bond motifs is 1. The van der Waals surface area contributed by atoms with Gasteiger partial charge in [-0.05, 0) is 66.2 Å². The van der Waals surface area contributed by atoms with Crippen LogP contribution in [0.25, 0.3) is 0 Å². The maximum Gasteiger partial charge on any atom is 0.264 e. The van der Waals surface area contributed by atoms with Crippen LogP contribution in [0.1, 0.15) is 15.9 Å². The number of carbonyl (C=O) groups is 1. The van der Waals surface area contributed by atoms with Crippen LogP contribution in [0, 0.1) is 0 Å². The van der Waals surface area contributed by atoms with E-state index in [0.717, 1.165) is 9.87 Å². The van der Waals surface area contributed by atoms with Crippen molar-refractivity contribution in [3.8, 4) is 11.5 Å². The summed E-state index contributed by atoms with van der Waals surface area (Å²) >= 11 is 5.84. The second-order valence-corrected chi connectivity index (χ2v) is 9.25. The minimum atomic E-state index is -3.74. The molecule has 0 saturated carbocycles. The van der Waals surface area contributed by atoms with Crippen molar-refractivity contribution in [1.29, 1.82) is 0 Å². The first-order valence-corrected chi connectivity index (χ1v) is 11.2. The molecule has 0 radical (unpaired) electrons. The zero-order chi connectivity index (χ0) is 22.0. The highest BCUT2D eigenvalue weighted by atomic mass is 35.5. The fourth-order valence-corrected chi connectivity index (χ4v) is 4.38. The Labute approximate surface area is 185 Å². The molecular formula is C22H19ClN2O5S. The summed E-state index contributed by atoms with van der Waals surface area (Å²) in [5.41, 5.74) is 1.73. The summed E-state index contributed by atoms with van der Waals surface area (Å²) in [5, 5.41) is 3.29. The summed E-state index contributed by atoms with van der Waals surface area (Å²) in [4.78, 5) is 12.6. The van der Waals surface area contributed by atoms with Crippen molar-refractivity contribution in [2.24, 2.45) is 0 Å². The minimum Gasteiger partial charge on any atom is -0.454 e. The highest BCUT2D eigenvalue weighted by Crippen LogP contribution is 2.32. The lowest BCUT2D eigenvalue weighted by Gasteiger charge is -2.20. The Morgan fingerprint density at radius 3 is 2.39 bits per heavy atom. The molecule has 0 aliphatic carbocycles. The van der Waals surface area contributed by atoms with Crippen molar-refractivity contribution in [3.05, 3.63) is 82.9 Å². The van der Waals surface area contributed by atoms with E-state index in [-0.39, 0.29) is 17.6 Å². The van der Waals surface area contributed by atoms with Crippen LogP contribution in [0.3, 0.4) is 0 Å². The van der Waals surface area contributed by atoms with Gasteiger partial charge in [0.1, 0.15) is 0 Å². The number of nitrogens with zero attached hydrogens (tertiary/aromatic N) is 1. The van der Waals surface area contributed by atoms with Gasteiger partial charge >= 0.3 is 0 Å². The van der Waals surface area contributed by atoms with Crippen molar-refractivity contribution in [2.45, 2.75) is 11.4 Å². The lowest BCUT2D eigenvalue weighted by atomic mass is 10.1. The smallest absolute Gasteiger partial charge is 0.264 e. The standard InChI is InChI=1S/C22H19ClN2O5S/c1-25(31(27,28)19-9-5-17(23)6-10-19)18-7-3-16(4-8-18)22(26)24-13-15-2-11-20-21(12-15)30-14-29-20/h2-12H,13-14H2,1H3,(H,24,26). The summed E-state index contributed by atoms with van der Waals surface area (Å²) in [6, 6.07) is 17.8. The number of anilines is 1. The van der Waals surface area contributed by atoms with Gasteiger partial charge in [0.05, 0.1) is 10.6 Å². The zero-order valence-electron chi connectivity index (χ0n) is 16.5. The number of hydrogen-bond donors (Lipinski definition) is 1. The van der Waals surface area contributed by atoms with Gasteiger partial charge in [0.2, 0.25) is 6.79 Å². The number of hydrogen-bond acceptors (Lipinski definition) is 5. The summed E-state index contributed by atoms with van der Waals surface area (Å²) in [7, 11) is -2.28. The maximum absolute atomic E-state index is 12.8. The van der Waals surface area contributed by atoms with E-state index in [2.05, 4.69) is 5.32 Å². The van der Waals surface area contributed by atoms with Gasteiger partial charge in [-0.15, -0.1) is 0 Å². The molecule has 1 aliphatic rings. The highest BCUT2D eigenvalue weighted by molar-refractivity contribution is 7.92. The minimum absolute atomic E-state index is 0.130. The number of rotatable bonds is 6. The first-order valence-electron chi connectivity index (χ1n) is 9.36. The Balaban J connectivity index is 1.42. The average Bonchev–Trinajstić information content (AvgIpc) is 3.25. The van der Waals surface area contributed by atoms with Gasteiger partial charge < -0.3 is 14.8 Å². The van der Waals surface area contributed by atoms with E-state index in [1.54, 1.807) is 30.3 Å². The van der Waals surface area contributed by atoms with E-state index in [1.807, 2.05) is 12.1 Å². The van der Waals surface area contributed by atoms with Gasteiger partial charge in [0, 0.05) is 24.2 Å². The summed E-state index contributed by atoms with van der Waals surface area (Å²) in [6.07, 6.45) is 0. The zero-order valence-corrected chi connectivity index (χ0v) is 18.1. The number of sulfonamides is 1. The Hall–Kier alpha value is -3.23. The molecule has 3 aromatic carbocycles. The molecule has 31 heavy (non-hydrogen) atoms. The normalized spacial score (nSPS) is 12.5. The molecule has 4 rings (SSSR count). The van der Waals surface area contributed by atoms with E-state index in [0.29, 0.717) is 34.3 Å². The summed E-state index contributed by atoms with van der Waals surface area (Å²) < 4.78 is 37.3. The summed E-state index contributed by atoms with van der Waals surface area (Å²) in [6.45, 7) is 0.516. The molecule has 0 spiro atoms. The predicted octanol–water partition coefficient (Wildman–Crippen LogP) is 3.82. The van der Waals surface area contributed by atoms with Gasteiger partial charge in [-0.25, -0.2) is 8.42 Å². The molecule has 3 aromatic rings. The molecule has 7 nitrogen and oxygen atoms in total. The second-order valence-electron chi connectivity index (χ2n) is 6.84. The van der Waals surface area contributed by atoms with Crippen molar-refractivity contribution in [3.63, 3.8) is 0 Å².